The summed E-state index contributed by atoms with van der Waals surface area (Å²) < 4.78 is 6.98. The minimum Gasteiger partial charge on any atom is -0.497 e. The van der Waals surface area contributed by atoms with E-state index in [0.29, 0.717) is 23.2 Å². The lowest BCUT2D eigenvalue weighted by Crippen LogP contribution is -2.42. The van der Waals surface area contributed by atoms with Gasteiger partial charge in [0.25, 0.3) is 11.9 Å². The molecule has 1 amide bonds. The Hall–Kier alpha value is -3.35. The molecule has 1 aliphatic rings. The number of amides is 1. The third-order valence-corrected chi connectivity index (χ3v) is 3.83. The first-order valence-corrected chi connectivity index (χ1v) is 7.49. The van der Waals surface area contributed by atoms with Gasteiger partial charge in [0.15, 0.2) is 5.82 Å². The van der Waals surface area contributed by atoms with Gasteiger partial charge in [-0.2, -0.15) is 0 Å². The van der Waals surface area contributed by atoms with E-state index in [-0.39, 0.29) is 12.5 Å². The van der Waals surface area contributed by atoms with Crippen LogP contribution in [-0.2, 0) is 4.79 Å². The molecule has 0 radical (unpaired) electrons. The average Bonchev–Trinajstić information content (AvgIpc) is 3.06. The Kier molecular flexibility index (Phi) is 3.38. The molecule has 0 fully saturated rings. The van der Waals surface area contributed by atoms with E-state index in [9.17, 15) is 4.79 Å². The Labute approximate surface area is 138 Å². The van der Waals surface area contributed by atoms with Crippen LogP contribution in [0.15, 0.2) is 54.6 Å². The molecule has 7 heteroatoms. The van der Waals surface area contributed by atoms with Crippen LogP contribution in [0.3, 0.4) is 0 Å². The molecular formula is C17H15N5O2. The van der Waals surface area contributed by atoms with Crippen LogP contribution >= 0.6 is 0 Å². The summed E-state index contributed by atoms with van der Waals surface area (Å²) in [4.78, 5) is 14.0. The van der Waals surface area contributed by atoms with Crippen molar-refractivity contribution in [2.75, 3.05) is 24.0 Å². The molecule has 1 N–H and O–H groups in total. The molecule has 0 atom stereocenters. The van der Waals surface area contributed by atoms with Gasteiger partial charge >= 0.3 is 0 Å². The number of carbonyl (C=O) groups is 1. The first-order chi connectivity index (χ1) is 11.8. The van der Waals surface area contributed by atoms with E-state index in [0.717, 1.165) is 5.56 Å². The molecule has 0 bridgehead atoms. The van der Waals surface area contributed by atoms with Crippen molar-refractivity contribution in [3.8, 4) is 17.1 Å². The van der Waals surface area contributed by atoms with E-state index in [1.54, 1.807) is 22.8 Å². The zero-order valence-electron chi connectivity index (χ0n) is 13.0. The second-order valence-electron chi connectivity index (χ2n) is 5.29. The number of nitrogens with zero attached hydrogens (tertiary/aromatic N) is 4. The number of aromatic nitrogens is 3. The van der Waals surface area contributed by atoms with Gasteiger partial charge in [0, 0.05) is 11.6 Å². The van der Waals surface area contributed by atoms with Crippen LogP contribution in [0.2, 0.25) is 0 Å². The third kappa shape index (κ3) is 2.26. The van der Waals surface area contributed by atoms with Gasteiger partial charge in [-0.1, -0.05) is 36.4 Å². The van der Waals surface area contributed by atoms with Crippen LogP contribution in [0.1, 0.15) is 0 Å². The number of methoxy groups -OCH3 is 1. The zero-order valence-corrected chi connectivity index (χ0v) is 13.0. The molecule has 0 saturated heterocycles. The second-order valence-corrected chi connectivity index (χ2v) is 5.29. The first-order valence-electron chi connectivity index (χ1n) is 7.49. The summed E-state index contributed by atoms with van der Waals surface area (Å²) in [6.07, 6.45) is 0. The molecule has 3 aromatic rings. The van der Waals surface area contributed by atoms with Crippen molar-refractivity contribution in [1.82, 2.24) is 14.9 Å². The van der Waals surface area contributed by atoms with Gasteiger partial charge in [-0.3, -0.25) is 4.79 Å². The van der Waals surface area contributed by atoms with E-state index in [1.807, 2.05) is 48.5 Å². The lowest BCUT2D eigenvalue weighted by atomic mass is 10.2. The van der Waals surface area contributed by atoms with E-state index in [4.69, 9.17) is 4.74 Å². The fourth-order valence-electron chi connectivity index (χ4n) is 2.69. The highest BCUT2D eigenvalue weighted by Gasteiger charge is 2.30. The fraction of sp³-hybridized carbons (Fsp3) is 0.118. The Balaban J connectivity index is 1.82. The summed E-state index contributed by atoms with van der Waals surface area (Å²) in [6.45, 7) is 0.155. The van der Waals surface area contributed by atoms with Crippen molar-refractivity contribution >= 4 is 17.5 Å². The largest absolute Gasteiger partial charge is 0.497 e. The Morgan fingerprint density at radius 1 is 1.08 bits per heavy atom. The normalized spacial score (nSPS) is 13.4. The Morgan fingerprint density at radius 3 is 2.71 bits per heavy atom. The molecule has 0 saturated carbocycles. The van der Waals surface area contributed by atoms with E-state index >= 15 is 0 Å². The van der Waals surface area contributed by atoms with Crippen molar-refractivity contribution in [2.24, 2.45) is 0 Å². The number of hydrogen-bond donors (Lipinski definition) is 1. The highest BCUT2D eigenvalue weighted by Crippen LogP contribution is 2.31. The number of hydrogen-bond acceptors (Lipinski definition) is 5. The third-order valence-electron chi connectivity index (χ3n) is 3.83. The maximum absolute atomic E-state index is 12.4. The van der Waals surface area contributed by atoms with E-state index in [2.05, 4.69) is 15.6 Å². The van der Waals surface area contributed by atoms with Crippen LogP contribution in [0.4, 0.5) is 11.6 Å². The first kappa shape index (κ1) is 14.3. The monoisotopic (exact) mass is 321 g/mol. The molecule has 0 spiro atoms. The predicted molar refractivity (Wildman–Crippen MR) is 89.8 cm³/mol. The van der Waals surface area contributed by atoms with Crippen LogP contribution in [0, 0.1) is 0 Å². The zero-order chi connectivity index (χ0) is 16.5. The highest BCUT2D eigenvalue weighted by atomic mass is 16.5. The van der Waals surface area contributed by atoms with Gasteiger partial charge in [-0.05, 0) is 12.1 Å². The molecule has 24 heavy (non-hydrogen) atoms. The van der Waals surface area contributed by atoms with Gasteiger partial charge in [0.05, 0.1) is 12.8 Å². The fourth-order valence-corrected chi connectivity index (χ4v) is 2.69. The van der Waals surface area contributed by atoms with Gasteiger partial charge < -0.3 is 10.2 Å². The summed E-state index contributed by atoms with van der Waals surface area (Å²) in [5, 5.41) is 8.46. The highest BCUT2D eigenvalue weighted by molar-refractivity contribution is 6.02. The van der Waals surface area contributed by atoms with Gasteiger partial charge in [0.1, 0.15) is 12.3 Å². The molecule has 7 nitrogen and oxygen atoms in total. The van der Waals surface area contributed by atoms with Crippen molar-refractivity contribution in [3.05, 3.63) is 54.6 Å². The van der Waals surface area contributed by atoms with Gasteiger partial charge in [-0.15, -0.1) is 10.2 Å². The minimum absolute atomic E-state index is 0.109. The molecule has 120 valence electrons. The predicted octanol–water partition coefficient (Wildman–Crippen LogP) is 2.18. The topological polar surface area (TPSA) is 72.3 Å². The van der Waals surface area contributed by atoms with Crippen molar-refractivity contribution < 1.29 is 9.53 Å². The van der Waals surface area contributed by atoms with Crippen LogP contribution in [0.25, 0.3) is 11.4 Å². The lowest BCUT2D eigenvalue weighted by molar-refractivity contribution is -0.116. The number of benzene rings is 2. The van der Waals surface area contributed by atoms with E-state index in [1.165, 1.54) is 0 Å². The maximum Gasteiger partial charge on any atom is 0.257 e. The van der Waals surface area contributed by atoms with E-state index < -0.39 is 0 Å². The number of anilines is 2. The Morgan fingerprint density at radius 2 is 1.92 bits per heavy atom. The molecule has 4 rings (SSSR count). The number of fused-ring (bicyclic) bond motifs is 1. The summed E-state index contributed by atoms with van der Waals surface area (Å²) in [7, 11) is 1.59. The summed E-state index contributed by atoms with van der Waals surface area (Å²) >= 11 is 0. The quantitative estimate of drug-likeness (QED) is 0.800. The molecule has 1 aliphatic heterocycles. The average molecular weight is 321 g/mol. The van der Waals surface area contributed by atoms with Crippen LogP contribution in [-0.4, -0.2) is 34.4 Å². The number of rotatable bonds is 3. The lowest BCUT2D eigenvalue weighted by Gasteiger charge is -2.28. The smallest absolute Gasteiger partial charge is 0.257 e. The number of ether oxygens (including phenoxy) is 1. The second kappa shape index (κ2) is 5.69. The molecule has 2 aromatic carbocycles. The van der Waals surface area contributed by atoms with Crippen molar-refractivity contribution in [3.63, 3.8) is 0 Å². The Bertz CT molecular complexity index is 891. The van der Waals surface area contributed by atoms with Crippen molar-refractivity contribution in [1.29, 1.82) is 0 Å². The number of carbonyl (C=O) groups excluding carboxylic acids is 1. The molecule has 1 aromatic heterocycles. The summed E-state index contributed by atoms with van der Waals surface area (Å²) in [5.41, 5.74) is 4.67. The van der Waals surface area contributed by atoms with Gasteiger partial charge in [0.2, 0.25) is 0 Å². The standard InChI is InChI=1S/C17H15N5O2/c1-24-14-9-5-8-13(10-14)21-15(23)11-18-22-16(19-20-17(21)22)12-6-3-2-4-7-12/h2-10,18H,11H2,1H3. The summed E-state index contributed by atoms with van der Waals surface area (Å²) in [6, 6.07) is 17.0. The van der Waals surface area contributed by atoms with Crippen LogP contribution in [0.5, 0.6) is 5.75 Å². The van der Waals surface area contributed by atoms with Gasteiger partial charge in [-0.25, -0.2) is 9.58 Å². The molecule has 2 heterocycles. The molecule has 0 unspecified atom stereocenters. The van der Waals surface area contributed by atoms with Crippen molar-refractivity contribution in [2.45, 2.75) is 0 Å². The maximum atomic E-state index is 12.4. The number of nitrogens with one attached hydrogen (secondary N) is 1. The van der Waals surface area contributed by atoms with Crippen LogP contribution < -0.4 is 15.1 Å². The SMILES string of the molecule is COc1cccc(N2C(=O)CNn3c(-c4ccccc4)nnc32)c1. The molecular weight excluding hydrogens is 306 g/mol. The minimum atomic E-state index is -0.109. The summed E-state index contributed by atoms with van der Waals surface area (Å²) in [5.74, 6) is 1.65. The molecule has 0 aliphatic carbocycles.